The fourth-order valence-corrected chi connectivity index (χ4v) is 4.18. The molecule has 0 bridgehead atoms. The average Bonchev–Trinajstić information content (AvgIpc) is 3.41. The molecule has 5 rings (SSSR count). The number of rotatable bonds is 5. The molecule has 11 nitrogen and oxygen atoms in total. The summed E-state index contributed by atoms with van der Waals surface area (Å²) in [5.41, 5.74) is 7.05. The predicted molar refractivity (Wildman–Crippen MR) is 110 cm³/mol. The van der Waals surface area contributed by atoms with Crippen LogP contribution in [-0.4, -0.2) is 68.1 Å². The lowest BCUT2D eigenvalue weighted by molar-refractivity contribution is 0.122. The predicted octanol–water partition coefficient (Wildman–Crippen LogP) is 1.15. The van der Waals surface area contributed by atoms with Crippen molar-refractivity contribution in [2.45, 2.75) is 6.42 Å². The number of thiophene rings is 1. The summed E-state index contributed by atoms with van der Waals surface area (Å²) in [6.07, 6.45) is 3.56. The third kappa shape index (κ3) is 3.56. The number of nitrogens with zero attached hydrogens (tertiary/aromatic N) is 7. The van der Waals surface area contributed by atoms with Crippen LogP contribution in [0, 0.1) is 0 Å². The molecular formula is C18H18N8O3S. The minimum absolute atomic E-state index is 0.0366. The zero-order valence-electron chi connectivity index (χ0n) is 15.9. The van der Waals surface area contributed by atoms with Crippen LogP contribution in [0.25, 0.3) is 32.4 Å². The molecule has 5 heterocycles. The summed E-state index contributed by atoms with van der Waals surface area (Å²) in [5.74, 6) is 2.39. The molecule has 1 fully saturated rings. The highest BCUT2D eigenvalue weighted by Gasteiger charge is 2.22. The van der Waals surface area contributed by atoms with Crippen LogP contribution in [0.4, 0.5) is 11.8 Å². The molecule has 4 aromatic rings. The lowest BCUT2D eigenvalue weighted by Crippen LogP contribution is -2.36. The van der Waals surface area contributed by atoms with Gasteiger partial charge in [0.05, 0.1) is 40.5 Å². The first-order chi connectivity index (χ1) is 14.7. The van der Waals surface area contributed by atoms with Crippen LogP contribution >= 0.6 is 11.3 Å². The summed E-state index contributed by atoms with van der Waals surface area (Å²) >= 11 is 1.49. The van der Waals surface area contributed by atoms with Gasteiger partial charge in [-0.15, -0.1) is 11.3 Å². The number of hydrogen-bond donors (Lipinski definition) is 2. The summed E-state index contributed by atoms with van der Waals surface area (Å²) in [4.78, 5) is 25.0. The highest BCUT2D eigenvalue weighted by Crippen LogP contribution is 2.38. The largest absolute Gasteiger partial charge is 0.396 e. The number of hydrogen-bond acceptors (Lipinski definition) is 12. The number of nitrogens with two attached hydrogens (primary N) is 1. The van der Waals surface area contributed by atoms with Gasteiger partial charge in [0.1, 0.15) is 0 Å². The maximum absolute atomic E-state index is 9.08. The van der Waals surface area contributed by atoms with Gasteiger partial charge in [-0.05, 0) is 6.07 Å². The maximum Gasteiger partial charge on any atom is 0.268 e. The van der Waals surface area contributed by atoms with Gasteiger partial charge in [0.15, 0.2) is 17.5 Å². The van der Waals surface area contributed by atoms with Crippen LogP contribution in [0.5, 0.6) is 0 Å². The van der Waals surface area contributed by atoms with Crippen molar-refractivity contribution in [3.8, 4) is 22.2 Å². The number of morpholine rings is 1. The Labute approximate surface area is 174 Å². The number of aliphatic hydroxyl groups excluding tert-OH is 1. The van der Waals surface area contributed by atoms with Crippen LogP contribution in [0.1, 0.15) is 5.82 Å². The SMILES string of the molecule is Nc1ncc(-c2nc(N3CCOCC3)c3sc(-c4nc(CCO)no4)cc3n2)cn1. The van der Waals surface area contributed by atoms with Crippen LogP contribution in [0.3, 0.4) is 0 Å². The molecule has 1 aliphatic rings. The molecule has 0 aromatic carbocycles. The Kier molecular flexibility index (Phi) is 4.94. The molecule has 30 heavy (non-hydrogen) atoms. The summed E-state index contributed by atoms with van der Waals surface area (Å²) in [7, 11) is 0. The third-order valence-corrected chi connectivity index (χ3v) is 5.72. The number of aliphatic hydroxyl groups is 1. The molecule has 0 aliphatic carbocycles. The van der Waals surface area contributed by atoms with Crippen molar-refractivity contribution in [3.63, 3.8) is 0 Å². The number of fused-ring (bicyclic) bond motifs is 1. The quantitative estimate of drug-likeness (QED) is 0.473. The van der Waals surface area contributed by atoms with E-state index in [1.54, 1.807) is 12.4 Å². The highest BCUT2D eigenvalue weighted by molar-refractivity contribution is 7.22. The number of aromatic nitrogens is 6. The topological polar surface area (TPSA) is 149 Å². The molecule has 0 atom stereocenters. The molecule has 12 heteroatoms. The van der Waals surface area contributed by atoms with Crippen molar-refractivity contribution in [1.29, 1.82) is 0 Å². The summed E-state index contributed by atoms with van der Waals surface area (Å²) in [6, 6.07) is 1.91. The van der Waals surface area contributed by atoms with Gasteiger partial charge in [-0.1, -0.05) is 5.16 Å². The van der Waals surface area contributed by atoms with E-state index in [2.05, 4.69) is 25.0 Å². The van der Waals surface area contributed by atoms with E-state index in [-0.39, 0.29) is 12.6 Å². The Bertz CT molecular complexity index is 1170. The molecule has 1 saturated heterocycles. The minimum Gasteiger partial charge on any atom is -0.396 e. The van der Waals surface area contributed by atoms with Gasteiger partial charge >= 0.3 is 0 Å². The first-order valence-electron chi connectivity index (χ1n) is 9.37. The molecule has 0 unspecified atom stereocenters. The molecule has 0 spiro atoms. The maximum atomic E-state index is 9.08. The second-order valence-corrected chi connectivity index (χ2v) is 7.67. The first kappa shape index (κ1) is 18.8. The Hall–Kier alpha value is -3.22. The van der Waals surface area contributed by atoms with Gasteiger partial charge in [0.25, 0.3) is 5.89 Å². The first-order valence-corrected chi connectivity index (χ1v) is 10.2. The fraction of sp³-hybridized carbons (Fsp3) is 0.333. The van der Waals surface area contributed by atoms with Crippen LogP contribution in [0.2, 0.25) is 0 Å². The van der Waals surface area contributed by atoms with E-state index in [0.717, 1.165) is 34.0 Å². The molecular weight excluding hydrogens is 408 g/mol. The Balaban J connectivity index is 1.63. The average molecular weight is 426 g/mol. The van der Waals surface area contributed by atoms with Gasteiger partial charge in [-0.3, -0.25) is 0 Å². The molecule has 0 saturated carbocycles. The van der Waals surface area contributed by atoms with E-state index in [0.29, 0.717) is 42.7 Å². The zero-order valence-corrected chi connectivity index (χ0v) is 16.7. The summed E-state index contributed by atoms with van der Waals surface area (Å²) < 4.78 is 11.8. The van der Waals surface area contributed by atoms with Gasteiger partial charge in [-0.25, -0.2) is 19.9 Å². The molecule has 0 radical (unpaired) electrons. The number of anilines is 2. The van der Waals surface area contributed by atoms with E-state index in [4.69, 9.17) is 30.1 Å². The Morgan fingerprint density at radius 1 is 1.13 bits per heavy atom. The monoisotopic (exact) mass is 426 g/mol. The van der Waals surface area contributed by atoms with Crippen molar-refractivity contribution < 1.29 is 14.4 Å². The molecule has 154 valence electrons. The molecule has 0 amide bonds. The summed E-state index contributed by atoms with van der Waals surface area (Å²) in [5, 5.41) is 13.0. The van der Waals surface area contributed by atoms with E-state index in [9.17, 15) is 0 Å². The fourth-order valence-electron chi connectivity index (χ4n) is 3.15. The van der Waals surface area contributed by atoms with Gasteiger partial charge < -0.3 is 25.0 Å². The standard InChI is InChI=1S/C18H18N8O3S/c19-18-20-8-10(9-21-18)15-22-11-7-12(17-23-13(1-4-27)25-29-17)30-14(11)16(24-15)26-2-5-28-6-3-26/h7-9,27H,1-6H2,(H2,19,20,21). The van der Waals surface area contributed by atoms with Gasteiger partial charge in [-0.2, -0.15) is 4.98 Å². The number of ether oxygens (including phenoxy) is 1. The zero-order chi connectivity index (χ0) is 20.5. The smallest absolute Gasteiger partial charge is 0.268 e. The lowest BCUT2D eigenvalue weighted by atomic mass is 10.3. The van der Waals surface area contributed by atoms with Crippen molar-refractivity contribution >= 4 is 33.3 Å². The van der Waals surface area contributed by atoms with Gasteiger partial charge in [0.2, 0.25) is 5.95 Å². The van der Waals surface area contributed by atoms with E-state index < -0.39 is 0 Å². The lowest BCUT2D eigenvalue weighted by Gasteiger charge is -2.28. The van der Waals surface area contributed by atoms with Crippen LogP contribution in [-0.2, 0) is 11.2 Å². The van der Waals surface area contributed by atoms with E-state index in [1.165, 1.54) is 11.3 Å². The normalized spacial score (nSPS) is 14.5. The van der Waals surface area contributed by atoms with Crippen LogP contribution in [0.15, 0.2) is 23.0 Å². The minimum atomic E-state index is -0.0366. The molecule has 4 aromatic heterocycles. The summed E-state index contributed by atoms with van der Waals surface area (Å²) in [6.45, 7) is 2.71. The second-order valence-electron chi connectivity index (χ2n) is 6.61. The van der Waals surface area contributed by atoms with Crippen molar-refractivity contribution in [1.82, 2.24) is 30.1 Å². The van der Waals surface area contributed by atoms with E-state index >= 15 is 0 Å². The third-order valence-electron chi connectivity index (χ3n) is 4.61. The second kappa shape index (κ2) is 7.89. The van der Waals surface area contributed by atoms with Gasteiger partial charge in [0, 0.05) is 31.9 Å². The Morgan fingerprint density at radius 2 is 1.93 bits per heavy atom. The Morgan fingerprint density at radius 3 is 2.70 bits per heavy atom. The molecule has 3 N–H and O–H groups in total. The molecule has 1 aliphatic heterocycles. The number of nitrogen functional groups attached to an aromatic ring is 1. The highest BCUT2D eigenvalue weighted by atomic mass is 32.1. The van der Waals surface area contributed by atoms with Crippen molar-refractivity contribution in [3.05, 3.63) is 24.3 Å². The van der Waals surface area contributed by atoms with Crippen molar-refractivity contribution in [2.75, 3.05) is 43.5 Å². The van der Waals surface area contributed by atoms with E-state index in [1.807, 2.05) is 6.07 Å². The van der Waals surface area contributed by atoms with Crippen LogP contribution < -0.4 is 10.6 Å². The van der Waals surface area contributed by atoms with Crippen molar-refractivity contribution in [2.24, 2.45) is 0 Å².